The second kappa shape index (κ2) is 22.7. The Balaban J connectivity index is -0.000000125. The van der Waals surface area contributed by atoms with Crippen LogP contribution in [0.15, 0.2) is 0 Å². The molecule has 0 radical (unpaired) electrons. The lowest BCUT2D eigenvalue weighted by Crippen LogP contribution is -1.95. The van der Waals surface area contributed by atoms with Crippen molar-refractivity contribution in [2.45, 2.75) is 13.8 Å². The van der Waals surface area contributed by atoms with Crippen molar-refractivity contribution in [3.05, 3.63) is 0 Å². The smallest absolute Gasteiger partial charge is 0.302 e. The van der Waals surface area contributed by atoms with E-state index < -0.39 is 0 Å². The van der Waals surface area contributed by atoms with Gasteiger partial charge in [0.15, 0.2) is 0 Å². The first kappa shape index (κ1) is 18.7. The van der Waals surface area contributed by atoms with Crippen LogP contribution in [0.5, 0.6) is 0 Å². The summed E-state index contributed by atoms with van der Waals surface area (Å²) in [4.78, 5) is 9.82. The average Bonchev–Trinajstić information content (AvgIpc) is 2.06. The zero-order valence-corrected chi connectivity index (χ0v) is 9.31. The molecule has 0 fully saturated rings. The molecule has 82 valence electrons. The highest BCUT2D eigenvalue weighted by molar-refractivity contribution is 6.40. The lowest BCUT2D eigenvalue weighted by atomic mass is 10.8. The summed E-state index contributed by atoms with van der Waals surface area (Å²) in [5, 5.41) is 15.4. The van der Waals surface area contributed by atoms with E-state index in [-0.39, 0.29) is 24.5 Å². The van der Waals surface area contributed by atoms with Gasteiger partial charge < -0.3 is 14.9 Å². The van der Waals surface area contributed by atoms with Gasteiger partial charge in [-0.15, -0.1) is 23.2 Å². The molecule has 0 spiro atoms. The maximum Gasteiger partial charge on any atom is 0.302 e. The van der Waals surface area contributed by atoms with Crippen LogP contribution in [-0.2, 0) is 9.53 Å². The number of alkyl halides is 2. The Morgan fingerprint density at radius 1 is 1.31 bits per heavy atom. The van der Waals surface area contributed by atoms with E-state index in [1.165, 1.54) is 6.92 Å². The zero-order chi connectivity index (χ0) is 11.1. The van der Waals surface area contributed by atoms with Crippen LogP contribution in [0.25, 0.3) is 0 Å². The van der Waals surface area contributed by atoms with Gasteiger partial charge in [0, 0.05) is 6.92 Å². The van der Waals surface area contributed by atoms with Gasteiger partial charge in [0.2, 0.25) is 0 Å². The fourth-order valence-electron chi connectivity index (χ4n) is 0.203. The summed E-state index contributed by atoms with van der Waals surface area (Å²) in [5.74, 6) is -0.211. The predicted molar refractivity (Wildman–Crippen MR) is 53.1 cm³/mol. The van der Waals surface area contributed by atoms with Gasteiger partial charge >= 0.3 is 5.97 Å². The number of carbonyl (C=O) groups is 1. The van der Waals surface area contributed by atoms with Crippen molar-refractivity contribution in [2.24, 2.45) is 0 Å². The quantitative estimate of drug-likeness (QED) is 0.552. The normalized spacial score (nSPS) is 7.23. The summed E-state index contributed by atoms with van der Waals surface area (Å²) < 4.78 is 4.40. The first-order chi connectivity index (χ1) is 6.10. The van der Waals surface area contributed by atoms with Crippen LogP contribution in [0.1, 0.15) is 13.8 Å². The molecule has 0 saturated heterocycles. The largest absolute Gasteiger partial charge is 0.466 e. The van der Waals surface area contributed by atoms with Crippen LogP contribution >= 0.6 is 23.2 Å². The third kappa shape index (κ3) is 75.5. The van der Waals surface area contributed by atoms with Gasteiger partial charge in [-0.3, -0.25) is 4.79 Å². The Bertz CT molecular complexity index is 88.6. The van der Waals surface area contributed by atoms with E-state index in [1.54, 1.807) is 6.92 Å². The molecule has 0 aliphatic heterocycles. The Kier molecular flexibility index (Phi) is 32.6. The molecule has 0 aromatic rings. The molecule has 0 aliphatic carbocycles. The molecular weight excluding hydrogens is 219 g/mol. The number of esters is 1. The summed E-state index contributed by atoms with van der Waals surface area (Å²) in [5.41, 5.74) is 0. The first-order valence-corrected chi connectivity index (χ1v) is 4.64. The highest BCUT2D eigenvalue weighted by Crippen LogP contribution is 1.73. The van der Waals surface area contributed by atoms with Crippen molar-refractivity contribution < 1.29 is 19.7 Å². The van der Waals surface area contributed by atoms with Crippen molar-refractivity contribution in [1.82, 2.24) is 0 Å². The van der Waals surface area contributed by atoms with Crippen LogP contribution in [-0.4, -0.2) is 41.3 Å². The van der Waals surface area contributed by atoms with Crippen molar-refractivity contribution >= 4 is 29.2 Å². The summed E-state index contributed by atoms with van der Waals surface area (Å²) in [6, 6.07) is 0. The van der Waals surface area contributed by atoms with Crippen LogP contribution in [0.3, 0.4) is 0 Å². The highest BCUT2D eigenvalue weighted by Gasteiger charge is 1.81. The fraction of sp³-hybridized carbons (Fsp3) is 0.857. The lowest BCUT2D eigenvalue weighted by molar-refractivity contribution is -0.140. The first-order valence-electron chi connectivity index (χ1n) is 3.57. The molecule has 0 unspecified atom stereocenters. The Morgan fingerprint density at radius 2 is 1.62 bits per heavy atom. The number of hydrogen-bond donors (Lipinski definition) is 2. The molecule has 13 heavy (non-hydrogen) atoms. The van der Waals surface area contributed by atoms with E-state index in [9.17, 15) is 4.79 Å². The molecular formula is C7H16Cl2O4. The second-order valence-corrected chi connectivity index (χ2v) is 2.28. The minimum atomic E-state index is -0.211. The minimum absolute atomic E-state index is 0.125. The predicted octanol–water partition coefficient (Wildman–Crippen LogP) is 0.962. The number of aliphatic hydroxyl groups is 2. The van der Waals surface area contributed by atoms with Gasteiger partial charge in [-0.2, -0.15) is 0 Å². The maximum absolute atomic E-state index is 9.82. The van der Waals surface area contributed by atoms with Gasteiger partial charge in [-0.1, -0.05) is 0 Å². The number of halogens is 2. The number of hydrogen-bond acceptors (Lipinski definition) is 4. The molecule has 0 atom stereocenters. The van der Waals surface area contributed by atoms with Gasteiger partial charge in [0.05, 0.1) is 25.2 Å². The zero-order valence-electron chi connectivity index (χ0n) is 7.80. The van der Waals surface area contributed by atoms with Gasteiger partial charge in [0.1, 0.15) is 0 Å². The standard InChI is InChI=1S/C4H8O2.C2H6O2.CH2Cl2/c1-3-6-4(2)5;3-1-2-4;2-1-3/h3H2,1-2H3;3-4H,1-2H2;1H2. The number of carbonyl (C=O) groups excluding carboxylic acids is 1. The van der Waals surface area contributed by atoms with Crippen LogP contribution in [0.4, 0.5) is 0 Å². The van der Waals surface area contributed by atoms with Crippen molar-refractivity contribution in [2.75, 3.05) is 25.2 Å². The Hall–Kier alpha value is -0.0300. The number of rotatable bonds is 2. The average molecular weight is 235 g/mol. The van der Waals surface area contributed by atoms with Gasteiger partial charge in [-0.05, 0) is 6.92 Å². The van der Waals surface area contributed by atoms with Gasteiger partial charge in [-0.25, -0.2) is 0 Å². The summed E-state index contributed by atoms with van der Waals surface area (Å²) in [6.07, 6.45) is 0. The van der Waals surface area contributed by atoms with Crippen molar-refractivity contribution in [1.29, 1.82) is 0 Å². The van der Waals surface area contributed by atoms with Crippen LogP contribution in [0, 0.1) is 0 Å². The molecule has 0 aromatic heterocycles. The number of ether oxygens (including phenoxy) is 1. The van der Waals surface area contributed by atoms with Gasteiger partial charge in [0.25, 0.3) is 0 Å². The Morgan fingerprint density at radius 3 is 1.62 bits per heavy atom. The van der Waals surface area contributed by atoms with E-state index >= 15 is 0 Å². The lowest BCUT2D eigenvalue weighted by Gasteiger charge is -1.89. The minimum Gasteiger partial charge on any atom is -0.466 e. The molecule has 0 aromatic carbocycles. The summed E-state index contributed by atoms with van der Waals surface area (Å²) in [7, 11) is 0. The monoisotopic (exact) mass is 234 g/mol. The maximum atomic E-state index is 9.82. The van der Waals surface area contributed by atoms with Crippen LogP contribution in [0.2, 0.25) is 0 Å². The number of aliphatic hydroxyl groups excluding tert-OH is 2. The molecule has 2 N–H and O–H groups in total. The summed E-state index contributed by atoms with van der Waals surface area (Å²) in [6.45, 7) is 3.40. The topological polar surface area (TPSA) is 66.8 Å². The fourth-order valence-corrected chi connectivity index (χ4v) is 0.203. The molecule has 0 amide bonds. The summed E-state index contributed by atoms with van der Waals surface area (Å²) >= 11 is 9.53. The molecule has 0 aliphatic rings. The molecule has 0 rings (SSSR count). The van der Waals surface area contributed by atoms with E-state index in [2.05, 4.69) is 4.74 Å². The van der Waals surface area contributed by atoms with E-state index in [1.807, 2.05) is 0 Å². The third-order valence-corrected chi connectivity index (χ3v) is 0.448. The molecule has 4 nitrogen and oxygen atoms in total. The van der Waals surface area contributed by atoms with E-state index in [0.29, 0.717) is 6.61 Å². The molecule has 0 saturated carbocycles. The second-order valence-electron chi connectivity index (χ2n) is 1.47. The third-order valence-electron chi connectivity index (χ3n) is 0.448. The van der Waals surface area contributed by atoms with E-state index in [0.717, 1.165) is 0 Å². The molecule has 0 heterocycles. The molecule has 6 heteroatoms. The molecule has 0 bridgehead atoms. The highest BCUT2D eigenvalue weighted by atomic mass is 35.5. The van der Waals surface area contributed by atoms with Crippen LogP contribution < -0.4 is 0 Å². The Labute approximate surface area is 88.4 Å². The van der Waals surface area contributed by atoms with Crippen molar-refractivity contribution in [3.8, 4) is 0 Å². The van der Waals surface area contributed by atoms with E-state index in [4.69, 9.17) is 33.4 Å². The van der Waals surface area contributed by atoms with Crippen molar-refractivity contribution in [3.63, 3.8) is 0 Å². The SMILES string of the molecule is CCOC(C)=O.ClCCl.OCCO.